The molecule has 1 aromatic rings. The number of carbonyl (C=O) groups excluding carboxylic acids is 1. The molecule has 0 bridgehead atoms. The number of sulfonamides is 1. The predicted molar refractivity (Wildman–Crippen MR) is 85.1 cm³/mol. The van der Waals surface area contributed by atoms with Gasteiger partial charge in [-0.05, 0) is 43.0 Å². The highest BCUT2D eigenvalue weighted by Gasteiger charge is 2.45. The van der Waals surface area contributed by atoms with Gasteiger partial charge >= 0.3 is 6.03 Å². The van der Waals surface area contributed by atoms with Gasteiger partial charge in [-0.1, -0.05) is 0 Å². The van der Waals surface area contributed by atoms with Gasteiger partial charge in [0.25, 0.3) is 0 Å². The van der Waals surface area contributed by atoms with Gasteiger partial charge < -0.3 is 10.2 Å². The molecular weight excluding hydrogens is 321 g/mol. The van der Waals surface area contributed by atoms with E-state index in [9.17, 15) is 17.6 Å². The fraction of sp³-hybridized carbons (Fsp3) is 0.533. The van der Waals surface area contributed by atoms with E-state index in [-0.39, 0.29) is 17.8 Å². The first-order valence-corrected chi connectivity index (χ1v) is 9.15. The van der Waals surface area contributed by atoms with Gasteiger partial charge in [0.1, 0.15) is 5.82 Å². The monoisotopic (exact) mass is 341 g/mol. The summed E-state index contributed by atoms with van der Waals surface area (Å²) in [4.78, 5) is 13.9. The predicted octanol–water partition coefficient (Wildman–Crippen LogP) is 1.71. The Bertz CT molecular complexity index is 692. The first-order valence-electron chi connectivity index (χ1n) is 7.64. The summed E-state index contributed by atoms with van der Waals surface area (Å²) in [5.41, 5.74) is 0.521. The van der Waals surface area contributed by atoms with Gasteiger partial charge in [0.05, 0.1) is 5.25 Å². The van der Waals surface area contributed by atoms with Crippen molar-refractivity contribution in [1.29, 1.82) is 0 Å². The van der Waals surface area contributed by atoms with Crippen LogP contribution in [0.2, 0.25) is 0 Å². The number of anilines is 1. The van der Waals surface area contributed by atoms with Gasteiger partial charge in [-0.3, -0.25) is 0 Å². The van der Waals surface area contributed by atoms with Crippen molar-refractivity contribution in [2.75, 3.05) is 32.0 Å². The molecule has 6 nitrogen and oxygen atoms in total. The summed E-state index contributed by atoms with van der Waals surface area (Å²) in [6.07, 6.45) is 1.12. The Morgan fingerprint density at radius 3 is 2.57 bits per heavy atom. The van der Waals surface area contributed by atoms with Crippen LogP contribution in [0.5, 0.6) is 0 Å². The third-order valence-electron chi connectivity index (χ3n) is 4.67. The third kappa shape index (κ3) is 3.18. The summed E-state index contributed by atoms with van der Waals surface area (Å²) in [6, 6.07) is 5.29. The Morgan fingerprint density at radius 2 is 1.87 bits per heavy atom. The molecular formula is C15H20FN3O3S. The zero-order chi connectivity index (χ0) is 16.6. The summed E-state index contributed by atoms with van der Waals surface area (Å²) in [7, 11) is -1.61. The van der Waals surface area contributed by atoms with Gasteiger partial charge in [0.15, 0.2) is 0 Å². The van der Waals surface area contributed by atoms with Crippen molar-refractivity contribution >= 4 is 21.7 Å². The van der Waals surface area contributed by atoms with Crippen molar-refractivity contribution in [2.45, 2.75) is 18.1 Å². The number of hydrogen-bond donors (Lipinski definition) is 1. The average Bonchev–Trinajstić information content (AvgIpc) is 2.67. The molecule has 0 spiro atoms. The molecule has 2 amide bonds. The lowest BCUT2D eigenvalue weighted by atomic mass is 10.0. The number of hydrogen-bond acceptors (Lipinski definition) is 3. The van der Waals surface area contributed by atoms with Crippen molar-refractivity contribution in [2.24, 2.45) is 5.92 Å². The number of carbonyl (C=O) groups is 1. The van der Waals surface area contributed by atoms with Gasteiger partial charge in [0, 0.05) is 32.4 Å². The molecule has 2 heterocycles. The molecule has 1 aromatic carbocycles. The summed E-state index contributed by atoms with van der Waals surface area (Å²) in [6.45, 7) is 1.46. The Hall–Kier alpha value is -1.67. The number of amides is 2. The fourth-order valence-corrected chi connectivity index (χ4v) is 5.32. The maximum Gasteiger partial charge on any atom is 0.321 e. The lowest BCUT2D eigenvalue weighted by molar-refractivity contribution is 0.212. The number of benzene rings is 1. The van der Waals surface area contributed by atoms with E-state index in [4.69, 9.17) is 0 Å². The topological polar surface area (TPSA) is 69.7 Å². The molecule has 3 rings (SSSR count). The molecule has 0 radical (unpaired) electrons. The Kier molecular flexibility index (Phi) is 4.29. The number of urea groups is 1. The minimum absolute atomic E-state index is 0.0774. The standard InChI is InChI=1S/C15H20FN3O3S/c1-18-10-11-6-8-19(9-7-14(11)23(18,21)22)15(20)17-13-4-2-12(16)3-5-13/h2-5,11,14H,6-10H2,1H3,(H,17,20)/t11-,14-/m0/s1. The number of nitrogens with one attached hydrogen (secondary N) is 1. The van der Waals surface area contributed by atoms with E-state index in [0.717, 1.165) is 0 Å². The first kappa shape index (κ1) is 16.2. The van der Waals surface area contributed by atoms with Crippen LogP contribution in [0, 0.1) is 11.7 Å². The number of halogens is 1. The molecule has 0 aliphatic carbocycles. The highest BCUT2D eigenvalue weighted by molar-refractivity contribution is 7.90. The maximum absolute atomic E-state index is 12.9. The van der Waals surface area contributed by atoms with Crippen molar-refractivity contribution < 1.29 is 17.6 Å². The highest BCUT2D eigenvalue weighted by atomic mass is 32.2. The molecule has 23 heavy (non-hydrogen) atoms. The number of rotatable bonds is 1. The minimum atomic E-state index is -3.23. The van der Waals surface area contributed by atoms with E-state index in [1.165, 1.54) is 28.6 Å². The van der Waals surface area contributed by atoms with Crippen LogP contribution in [-0.2, 0) is 10.0 Å². The molecule has 8 heteroatoms. The average molecular weight is 341 g/mol. The van der Waals surface area contributed by atoms with Crippen molar-refractivity contribution in [3.8, 4) is 0 Å². The quantitative estimate of drug-likeness (QED) is 0.845. The third-order valence-corrected chi connectivity index (χ3v) is 7.07. The van der Waals surface area contributed by atoms with Crippen LogP contribution in [0.3, 0.4) is 0 Å². The zero-order valence-corrected chi connectivity index (χ0v) is 13.7. The SMILES string of the molecule is CN1C[C@@H]2CCN(C(=O)Nc3ccc(F)cc3)CC[C@@H]2S1(=O)=O. The fourth-order valence-electron chi connectivity index (χ4n) is 3.34. The normalized spacial score (nSPS) is 27.3. The molecule has 0 saturated carbocycles. The molecule has 126 valence electrons. The summed E-state index contributed by atoms with van der Waals surface area (Å²) < 4.78 is 38.8. The van der Waals surface area contributed by atoms with E-state index in [1.54, 1.807) is 11.9 Å². The maximum atomic E-state index is 12.9. The van der Waals surface area contributed by atoms with Crippen molar-refractivity contribution in [3.63, 3.8) is 0 Å². The van der Waals surface area contributed by atoms with E-state index in [0.29, 0.717) is 38.2 Å². The second-order valence-electron chi connectivity index (χ2n) is 6.13. The van der Waals surface area contributed by atoms with Gasteiger partial charge in [0.2, 0.25) is 10.0 Å². The van der Waals surface area contributed by atoms with Crippen molar-refractivity contribution in [1.82, 2.24) is 9.21 Å². The van der Waals surface area contributed by atoms with Gasteiger partial charge in [-0.25, -0.2) is 21.9 Å². The molecule has 2 atom stereocenters. The first-order chi connectivity index (χ1) is 10.9. The van der Waals surface area contributed by atoms with Crippen LogP contribution >= 0.6 is 0 Å². The number of likely N-dealkylation sites (tertiary alicyclic amines) is 1. The molecule has 0 aromatic heterocycles. The lowest BCUT2D eigenvalue weighted by Gasteiger charge is -2.22. The van der Waals surface area contributed by atoms with Crippen LogP contribution in [0.15, 0.2) is 24.3 Å². The molecule has 2 saturated heterocycles. The molecule has 2 fully saturated rings. The second kappa shape index (κ2) is 6.09. The van der Waals surface area contributed by atoms with Crippen LogP contribution in [0.4, 0.5) is 14.9 Å². The van der Waals surface area contributed by atoms with Crippen LogP contribution in [0.25, 0.3) is 0 Å². The van der Waals surface area contributed by atoms with Gasteiger partial charge in [-0.15, -0.1) is 0 Å². The van der Waals surface area contributed by atoms with Crippen LogP contribution in [0.1, 0.15) is 12.8 Å². The number of nitrogens with zero attached hydrogens (tertiary/aromatic N) is 2. The van der Waals surface area contributed by atoms with E-state index in [2.05, 4.69) is 5.32 Å². The Balaban J connectivity index is 1.65. The Morgan fingerprint density at radius 1 is 1.22 bits per heavy atom. The molecule has 1 N–H and O–H groups in total. The van der Waals surface area contributed by atoms with Crippen LogP contribution in [-0.4, -0.2) is 55.6 Å². The minimum Gasteiger partial charge on any atom is -0.324 e. The summed E-state index contributed by atoms with van der Waals surface area (Å²) in [5.74, 6) is -0.284. The smallest absolute Gasteiger partial charge is 0.321 e. The molecule has 0 unspecified atom stereocenters. The largest absolute Gasteiger partial charge is 0.324 e. The summed E-state index contributed by atoms with van der Waals surface area (Å²) >= 11 is 0. The zero-order valence-electron chi connectivity index (χ0n) is 12.9. The van der Waals surface area contributed by atoms with E-state index >= 15 is 0 Å². The lowest BCUT2D eigenvalue weighted by Crippen LogP contribution is -2.37. The van der Waals surface area contributed by atoms with Crippen molar-refractivity contribution in [3.05, 3.63) is 30.1 Å². The molecule has 2 aliphatic heterocycles. The highest BCUT2D eigenvalue weighted by Crippen LogP contribution is 2.33. The van der Waals surface area contributed by atoms with Crippen LogP contribution < -0.4 is 5.32 Å². The summed E-state index contributed by atoms with van der Waals surface area (Å²) in [5, 5.41) is 2.33. The van der Waals surface area contributed by atoms with E-state index < -0.39 is 15.3 Å². The Labute approximate surface area is 135 Å². The number of fused-ring (bicyclic) bond motifs is 1. The van der Waals surface area contributed by atoms with E-state index in [1.807, 2.05) is 0 Å². The van der Waals surface area contributed by atoms with Gasteiger partial charge in [-0.2, -0.15) is 0 Å². The second-order valence-corrected chi connectivity index (χ2v) is 8.38. The molecule has 2 aliphatic rings.